The summed E-state index contributed by atoms with van der Waals surface area (Å²) in [6, 6.07) is 10.1. The summed E-state index contributed by atoms with van der Waals surface area (Å²) in [5.41, 5.74) is 1.93. The Hall–Kier alpha value is -2.38. The molecule has 136 valence electrons. The van der Waals surface area contributed by atoms with Gasteiger partial charge in [0.1, 0.15) is 11.6 Å². The molecule has 3 aromatic rings. The van der Waals surface area contributed by atoms with Crippen molar-refractivity contribution in [1.82, 2.24) is 20.2 Å². The highest BCUT2D eigenvalue weighted by Crippen LogP contribution is 2.20. The van der Waals surface area contributed by atoms with Crippen LogP contribution in [0.1, 0.15) is 28.3 Å². The van der Waals surface area contributed by atoms with E-state index in [1.807, 2.05) is 40.6 Å². The number of likely N-dealkylation sites (tertiary alicyclic amines) is 1. The molecule has 4 rings (SSSR count). The number of nitrogens with zero attached hydrogens (tertiary/aromatic N) is 2. The Kier molecular flexibility index (Phi) is 4.90. The number of nitrogens with one attached hydrogen (secondary N) is 2. The van der Waals surface area contributed by atoms with Gasteiger partial charge in [-0.05, 0) is 36.4 Å². The summed E-state index contributed by atoms with van der Waals surface area (Å²) in [6.45, 7) is 2.29. The fourth-order valence-corrected chi connectivity index (χ4v) is 4.03. The minimum absolute atomic E-state index is 0.157. The number of amides is 1. The van der Waals surface area contributed by atoms with E-state index in [1.54, 1.807) is 7.11 Å². The third kappa shape index (κ3) is 3.59. The van der Waals surface area contributed by atoms with Crippen molar-refractivity contribution in [3.63, 3.8) is 0 Å². The minimum atomic E-state index is 0.157. The fourth-order valence-electron chi connectivity index (χ4n) is 3.34. The number of piperidine rings is 1. The number of methoxy groups -OCH3 is 1. The van der Waals surface area contributed by atoms with Gasteiger partial charge < -0.3 is 19.9 Å². The summed E-state index contributed by atoms with van der Waals surface area (Å²) in [5.74, 6) is 1.90. The molecule has 0 atom stereocenters. The number of rotatable bonds is 5. The molecule has 0 spiro atoms. The molecule has 1 aliphatic heterocycles. The van der Waals surface area contributed by atoms with Crippen LogP contribution in [-0.4, -0.2) is 47.0 Å². The zero-order valence-corrected chi connectivity index (χ0v) is 15.5. The SMILES string of the molecule is COc1ccc2nc(CNC3CCN(C(=O)c4cccs4)CC3)[nH]c2c1. The van der Waals surface area contributed by atoms with Gasteiger partial charge in [0.15, 0.2) is 0 Å². The molecule has 7 heteroatoms. The molecule has 2 N–H and O–H groups in total. The number of H-pyrrole nitrogens is 1. The summed E-state index contributed by atoms with van der Waals surface area (Å²) in [6.07, 6.45) is 1.93. The van der Waals surface area contributed by atoms with Gasteiger partial charge in [-0.15, -0.1) is 11.3 Å². The second-order valence-electron chi connectivity index (χ2n) is 6.49. The number of imidazole rings is 1. The van der Waals surface area contributed by atoms with Gasteiger partial charge in [-0.3, -0.25) is 4.79 Å². The largest absolute Gasteiger partial charge is 0.497 e. The van der Waals surface area contributed by atoms with Crippen molar-refractivity contribution >= 4 is 28.3 Å². The minimum Gasteiger partial charge on any atom is -0.497 e. The molecule has 6 nitrogen and oxygen atoms in total. The van der Waals surface area contributed by atoms with E-state index in [1.165, 1.54) is 11.3 Å². The van der Waals surface area contributed by atoms with Crippen LogP contribution in [0.4, 0.5) is 0 Å². The Bertz CT molecular complexity index is 882. The third-order valence-corrected chi connectivity index (χ3v) is 5.67. The van der Waals surface area contributed by atoms with Gasteiger partial charge in [0.2, 0.25) is 0 Å². The molecule has 0 bridgehead atoms. The number of benzene rings is 1. The molecule has 2 aromatic heterocycles. The lowest BCUT2D eigenvalue weighted by atomic mass is 10.0. The number of hydrogen-bond donors (Lipinski definition) is 2. The second kappa shape index (κ2) is 7.47. The molecule has 26 heavy (non-hydrogen) atoms. The Morgan fingerprint density at radius 2 is 2.23 bits per heavy atom. The van der Waals surface area contributed by atoms with Crippen LogP contribution in [0.2, 0.25) is 0 Å². The lowest BCUT2D eigenvalue weighted by molar-refractivity contribution is 0.0709. The average Bonchev–Trinajstić information content (AvgIpc) is 3.35. The molecule has 1 aliphatic rings. The van der Waals surface area contributed by atoms with E-state index in [-0.39, 0.29) is 5.91 Å². The van der Waals surface area contributed by atoms with Crippen LogP contribution in [0.25, 0.3) is 11.0 Å². The van der Waals surface area contributed by atoms with Gasteiger partial charge in [-0.1, -0.05) is 6.07 Å². The predicted octanol–water partition coefficient (Wildman–Crippen LogP) is 3.03. The van der Waals surface area contributed by atoms with Gasteiger partial charge in [0, 0.05) is 25.2 Å². The number of hydrogen-bond acceptors (Lipinski definition) is 5. The first kappa shape index (κ1) is 17.1. The van der Waals surface area contributed by atoms with Crippen molar-refractivity contribution in [1.29, 1.82) is 0 Å². The number of aromatic amines is 1. The van der Waals surface area contributed by atoms with Crippen LogP contribution in [0.5, 0.6) is 5.75 Å². The maximum absolute atomic E-state index is 12.4. The van der Waals surface area contributed by atoms with E-state index in [2.05, 4.69) is 15.3 Å². The summed E-state index contributed by atoms with van der Waals surface area (Å²) in [7, 11) is 1.66. The van der Waals surface area contributed by atoms with E-state index in [0.29, 0.717) is 12.6 Å². The van der Waals surface area contributed by atoms with Gasteiger partial charge in [0.25, 0.3) is 5.91 Å². The Morgan fingerprint density at radius 3 is 2.96 bits per heavy atom. The number of fused-ring (bicyclic) bond motifs is 1. The summed E-state index contributed by atoms with van der Waals surface area (Å²) in [5, 5.41) is 5.51. The number of carbonyl (C=O) groups is 1. The maximum Gasteiger partial charge on any atom is 0.263 e. The van der Waals surface area contributed by atoms with E-state index < -0.39 is 0 Å². The standard InChI is InChI=1S/C19H22N4O2S/c1-25-14-4-5-15-16(11-14)22-18(21-15)12-20-13-6-8-23(9-7-13)19(24)17-3-2-10-26-17/h2-5,10-11,13,20H,6-9,12H2,1H3,(H,21,22). The van der Waals surface area contributed by atoms with Crippen LogP contribution >= 0.6 is 11.3 Å². The van der Waals surface area contributed by atoms with Crippen LogP contribution in [0, 0.1) is 0 Å². The number of thiophene rings is 1. The van der Waals surface area contributed by atoms with Crippen molar-refractivity contribution in [2.75, 3.05) is 20.2 Å². The van der Waals surface area contributed by atoms with Crippen LogP contribution in [-0.2, 0) is 6.54 Å². The molecule has 0 radical (unpaired) electrons. The van der Waals surface area contributed by atoms with Crippen LogP contribution in [0.3, 0.4) is 0 Å². The smallest absolute Gasteiger partial charge is 0.263 e. The molecule has 0 aliphatic carbocycles. The Balaban J connectivity index is 1.30. The molecule has 0 saturated carbocycles. The normalized spacial score (nSPS) is 15.5. The predicted molar refractivity (Wildman–Crippen MR) is 103 cm³/mol. The molecule has 1 fully saturated rings. The topological polar surface area (TPSA) is 70.2 Å². The van der Waals surface area contributed by atoms with E-state index in [9.17, 15) is 4.79 Å². The van der Waals surface area contributed by atoms with Crippen molar-refractivity contribution in [3.8, 4) is 5.75 Å². The molecule has 0 unspecified atom stereocenters. The van der Waals surface area contributed by atoms with E-state index >= 15 is 0 Å². The first-order valence-corrected chi connectivity index (χ1v) is 9.69. The zero-order chi connectivity index (χ0) is 17.9. The highest BCUT2D eigenvalue weighted by molar-refractivity contribution is 7.12. The van der Waals surface area contributed by atoms with E-state index in [0.717, 1.165) is 53.4 Å². The number of carbonyl (C=O) groups excluding carboxylic acids is 1. The summed E-state index contributed by atoms with van der Waals surface area (Å²) in [4.78, 5) is 23.1. The summed E-state index contributed by atoms with van der Waals surface area (Å²) >= 11 is 1.51. The summed E-state index contributed by atoms with van der Waals surface area (Å²) < 4.78 is 5.25. The Morgan fingerprint density at radius 1 is 1.38 bits per heavy atom. The van der Waals surface area contributed by atoms with Crippen LogP contribution < -0.4 is 10.1 Å². The molecular weight excluding hydrogens is 348 g/mol. The average molecular weight is 370 g/mol. The monoisotopic (exact) mass is 370 g/mol. The molecule has 3 heterocycles. The van der Waals surface area contributed by atoms with Crippen LogP contribution in [0.15, 0.2) is 35.7 Å². The van der Waals surface area contributed by atoms with Crippen molar-refractivity contribution in [2.24, 2.45) is 0 Å². The quantitative estimate of drug-likeness (QED) is 0.724. The third-order valence-electron chi connectivity index (χ3n) is 4.81. The Labute approximate surface area is 156 Å². The molecule has 1 aromatic carbocycles. The van der Waals surface area contributed by atoms with Crippen molar-refractivity contribution in [2.45, 2.75) is 25.4 Å². The lowest BCUT2D eigenvalue weighted by Gasteiger charge is -2.32. The van der Waals surface area contributed by atoms with Gasteiger partial charge in [-0.2, -0.15) is 0 Å². The first-order chi connectivity index (χ1) is 12.7. The molecule has 1 amide bonds. The van der Waals surface area contributed by atoms with Gasteiger partial charge in [0.05, 0.1) is 29.6 Å². The second-order valence-corrected chi connectivity index (χ2v) is 7.44. The van der Waals surface area contributed by atoms with Gasteiger partial charge >= 0.3 is 0 Å². The van der Waals surface area contributed by atoms with E-state index in [4.69, 9.17) is 4.74 Å². The fraction of sp³-hybridized carbons (Fsp3) is 0.368. The maximum atomic E-state index is 12.4. The van der Waals surface area contributed by atoms with Crippen molar-refractivity contribution in [3.05, 3.63) is 46.4 Å². The zero-order valence-electron chi connectivity index (χ0n) is 14.7. The lowest BCUT2D eigenvalue weighted by Crippen LogP contribution is -2.44. The first-order valence-electron chi connectivity index (χ1n) is 8.82. The number of aromatic nitrogens is 2. The number of ether oxygens (including phenoxy) is 1. The van der Waals surface area contributed by atoms with Gasteiger partial charge in [-0.25, -0.2) is 4.98 Å². The molecule has 1 saturated heterocycles. The highest BCUT2D eigenvalue weighted by atomic mass is 32.1. The molecular formula is C19H22N4O2S. The van der Waals surface area contributed by atoms with Crippen molar-refractivity contribution < 1.29 is 9.53 Å². The highest BCUT2D eigenvalue weighted by Gasteiger charge is 2.24.